The molecule has 0 aromatic heterocycles. The molecule has 1 heterocycles. The molecular weight excluding hydrogens is 283 g/mol. The molecule has 22 heavy (non-hydrogen) atoms. The van der Waals surface area contributed by atoms with E-state index in [0.717, 1.165) is 25.6 Å². The molecule has 1 amide bonds. The Morgan fingerprint density at radius 1 is 1.41 bits per heavy atom. The van der Waals surface area contributed by atoms with Crippen molar-refractivity contribution in [2.24, 2.45) is 5.92 Å². The summed E-state index contributed by atoms with van der Waals surface area (Å²) in [4.78, 5) is 16.5. The zero-order valence-corrected chi connectivity index (χ0v) is 13.6. The third-order valence-corrected chi connectivity index (χ3v) is 4.37. The number of likely N-dealkylation sites (tertiary alicyclic amines) is 1. The predicted molar refractivity (Wildman–Crippen MR) is 84.8 cm³/mol. The summed E-state index contributed by atoms with van der Waals surface area (Å²) in [6, 6.07) is 4.22. The lowest BCUT2D eigenvalue weighted by molar-refractivity contribution is 0.0767. The summed E-state index contributed by atoms with van der Waals surface area (Å²) in [5.41, 5.74) is 0.452. The minimum Gasteiger partial charge on any atom is -0.494 e. The van der Waals surface area contributed by atoms with Gasteiger partial charge in [-0.25, -0.2) is 4.39 Å². The number of carbonyl (C=O) groups is 1. The van der Waals surface area contributed by atoms with Gasteiger partial charge in [0.05, 0.1) is 7.11 Å². The molecule has 5 heteroatoms. The second-order valence-corrected chi connectivity index (χ2v) is 6.10. The van der Waals surface area contributed by atoms with Crippen molar-refractivity contribution >= 4 is 5.91 Å². The summed E-state index contributed by atoms with van der Waals surface area (Å²) in [5.74, 6) is 0.347. The van der Waals surface area contributed by atoms with Gasteiger partial charge in [0.15, 0.2) is 11.6 Å². The maximum Gasteiger partial charge on any atom is 0.253 e. The van der Waals surface area contributed by atoms with Gasteiger partial charge in [0.1, 0.15) is 0 Å². The fourth-order valence-corrected chi connectivity index (χ4v) is 2.69. The first-order chi connectivity index (χ1) is 10.5. The second-order valence-electron chi connectivity index (χ2n) is 6.10. The SMILES string of the molecule is COc1cc(C(=O)N(C)CCN2CCC(C)CC2)ccc1F. The lowest BCUT2D eigenvalue weighted by Crippen LogP contribution is -2.40. The van der Waals surface area contributed by atoms with Crippen molar-refractivity contribution in [2.45, 2.75) is 19.8 Å². The van der Waals surface area contributed by atoms with Crippen LogP contribution in [0.4, 0.5) is 4.39 Å². The Hall–Kier alpha value is -1.62. The van der Waals surface area contributed by atoms with Gasteiger partial charge in [-0.05, 0) is 50.0 Å². The number of hydrogen-bond acceptors (Lipinski definition) is 3. The Morgan fingerprint density at radius 3 is 2.73 bits per heavy atom. The zero-order chi connectivity index (χ0) is 16.1. The number of rotatable bonds is 5. The summed E-state index contributed by atoms with van der Waals surface area (Å²) in [7, 11) is 3.18. The number of ether oxygens (including phenoxy) is 1. The third-order valence-electron chi connectivity index (χ3n) is 4.37. The number of methoxy groups -OCH3 is 1. The highest BCUT2D eigenvalue weighted by molar-refractivity contribution is 5.94. The van der Waals surface area contributed by atoms with Gasteiger partial charge in [-0.3, -0.25) is 4.79 Å². The molecule has 0 bridgehead atoms. The number of amides is 1. The highest BCUT2D eigenvalue weighted by atomic mass is 19.1. The van der Waals surface area contributed by atoms with Crippen LogP contribution in [0.2, 0.25) is 0 Å². The highest BCUT2D eigenvalue weighted by Crippen LogP contribution is 2.19. The van der Waals surface area contributed by atoms with Crippen molar-refractivity contribution in [3.63, 3.8) is 0 Å². The van der Waals surface area contributed by atoms with E-state index in [-0.39, 0.29) is 11.7 Å². The number of benzene rings is 1. The van der Waals surface area contributed by atoms with Gasteiger partial charge in [-0.1, -0.05) is 6.92 Å². The number of piperidine rings is 1. The van der Waals surface area contributed by atoms with E-state index >= 15 is 0 Å². The summed E-state index contributed by atoms with van der Waals surface area (Å²) >= 11 is 0. The van der Waals surface area contributed by atoms with E-state index in [1.54, 1.807) is 11.9 Å². The smallest absolute Gasteiger partial charge is 0.253 e. The lowest BCUT2D eigenvalue weighted by atomic mass is 9.99. The summed E-state index contributed by atoms with van der Waals surface area (Å²) in [5, 5.41) is 0. The first-order valence-electron chi connectivity index (χ1n) is 7.82. The van der Waals surface area contributed by atoms with Crippen LogP contribution in [-0.4, -0.2) is 56.0 Å². The number of likely N-dealkylation sites (N-methyl/N-ethyl adjacent to an activating group) is 1. The van der Waals surface area contributed by atoms with E-state index in [2.05, 4.69) is 11.8 Å². The average molecular weight is 308 g/mol. The number of carbonyl (C=O) groups excluding carboxylic acids is 1. The molecule has 0 radical (unpaired) electrons. The molecule has 4 nitrogen and oxygen atoms in total. The van der Waals surface area contributed by atoms with Gasteiger partial charge in [0, 0.05) is 25.7 Å². The van der Waals surface area contributed by atoms with Crippen LogP contribution in [0.5, 0.6) is 5.75 Å². The van der Waals surface area contributed by atoms with Crippen LogP contribution in [0.15, 0.2) is 18.2 Å². The molecule has 0 spiro atoms. The molecule has 1 saturated heterocycles. The molecule has 0 aliphatic carbocycles. The minimum atomic E-state index is -0.455. The maximum absolute atomic E-state index is 13.4. The van der Waals surface area contributed by atoms with E-state index in [1.807, 2.05) is 0 Å². The topological polar surface area (TPSA) is 32.8 Å². The molecule has 1 fully saturated rings. The molecule has 0 atom stereocenters. The molecule has 1 aromatic carbocycles. The fourth-order valence-electron chi connectivity index (χ4n) is 2.69. The average Bonchev–Trinajstić information content (AvgIpc) is 2.53. The van der Waals surface area contributed by atoms with E-state index < -0.39 is 5.82 Å². The molecule has 0 N–H and O–H groups in total. The van der Waals surface area contributed by atoms with Gasteiger partial charge in [0.2, 0.25) is 0 Å². The first-order valence-corrected chi connectivity index (χ1v) is 7.82. The van der Waals surface area contributed by atoms with Gasteiger partial charge < -0.3 is 14.5 Å². The van der Waals surface area contributed by atoms with E-state index in [4.69, 9.17) is 4.74 Å². The Morgan fingerprint density at radius 2 is 2.09 bits per heavy atom. The van der Waals surface area contributed by atoms with Gasteiger partial charge in [-0.2, -0.15) is 0 Å². The monoisotopic (exact) mass is 308 g/mol. The Bertz CT molecular complexity index is 513. The van der Waals surface area contributed by atoms with Crippen LogP contribution in [0, 0.1) is 11.7 Å². The van der Waals surface area contributed by atoms with Gasteiger partial charge in [-0.15, -0.1) is 0 Å². The molecule has 0 unspecified atom stereocenters. The summed E-state index contributed by atoms with van der Waals surface area (Å²) in [6.45, 7) is 6.05. The van der Waals surface area contributed by atoms with Crippen LogP contribution < -0.4 is 4.74 Å². The molecule has 0 saturated carbocycles. The van der Waals surface area contributed by atoms with E-state index in [9.17, 15) is 9.18 Å². The van der Waals surface area contributed by atoms with Crippen LogP contribution >= 0.6 is 0 Å². The standard InChI is InChI=1S/C17H25FN2O2/c1-13-6-8-20(9-7-13)11-10-19(2)17(21)14-4-5-15(18)16(12-14)22-3/h4-5,12-13H,6-11H2,1-3H3. The summed E-state index contributed by atoms with van der Waals surface area (Å²) < 4.78 is 18.3. The summed E-state index contributed by atoms with van der Waals surface area (Å²) in [6.07, 6.45) is 2.46. The van der Waals surface area contributed by atoms with Crippen molar-refractivity contribution in [1.82, 2.24) is 9.80 Å². The normalized spacial score (nSPS) is 16.5. The largest absolute Gasteiger partial charge is 0.494 e. The third kappa shape index (κ3) is 4.19. The van der Waals surface area contributed by atoms with Crippen molar-refractivity contribution in [1.29, 1.82) is 0 Å². The second kappa shape index (κ2) is 7.58. The van der Waals surface area contributed by atoms with Crippen molar-refractivity contribution < 1.29 is 13.9 Å². The van der Waals surface area contributed by atoms with E-state index in [0.29, 0.717) is 12.1 Å². The lowest BCUT2D eigenvalue weighted by Gasteiger charge is -2.31. The molecule has 1 aromatic rings. The quantitative estimate of drug-likeness (QED) is 0.838. The molecule has 122 valence electrons. The van der Waals surface area contributed by atoms with Crippen LogP contribution in [0.3, 0.4) is 0 Å². The Labute approximate surface area is 131 Å². The van der Waals surface area contributed by atoms with Crippen molar-refractivity contribution in [3.05, 3.63) is 29.6 Å². The maximum atomic E-state index is 13.4. The predicted octanol–water partition coefficient (Wildman–Crippen LogP) is 2.64. The molecule has 1 aliphatic heterocycles. The van der Waals surface area contributed by atoms with Crippen LogP contribution in [-0.2, 0) is 0 Å². The molecular formula is C17H25FN2O2. The number of halogens is 1. The van der Waals surface area contributed by atoms with Crippen LogP contribution in [0.1, 0.15) is 30.1 Å². The Kier molecular flexibility index (Phi) is 5.77. The van der Waals surface area contributed by atoms with Crippen molar-refractivity contribution in [2.75, 3.05) is 40.3 Å². The first kappa shape index (κ1) is 16.7. The Balaban J connectivity index is 1.89. The van der Waals surface area contributed by atoms with Crippen LogP contribution in [0.25, 0.3) is 0 Å². The molecule has 2 rings (SSSR count). The molecule has 1 aliphatic rings. The number of hydrogen-bond donors (Lipinski definition) is 0. The van der Waals surface area contributed by atoms with Crippen molar-refractivity contribution in [3.8, 4) is 5.75 Å². The fraction of sp³-hybridized carbons (Fsp3) is 0.588. The van der Waals surface area contributed by atoms with Gasteiger partial charge in [0.25, 0.3) is 5.91 Å². The zero-order valence-electron chi connectivity index (χ0n) is 13.6. The number of nitrogens with zero attached hydrogens (tertiary/aromatic N) is 2. The van der Waals surface area contributed by atoms with Gasteiger partial charge >= 0.3 is 0 Å². The van der Waals surface area contributed by atoms with E-state index in [1.165, 1.54) is 38.2 Å². The minimum absolute atomic E-state index is 0.101. The highest BCUT2D eigenvalue weighted by Gasteiger charge is 2.18.